The number of para-hydroxylation sites is 1. The van der Waals surface area contributed by atoms with Gasteiger partial charge in [0.1, 0.15) is 11.4 Å². The summed E-state index contributed by atoms with van der Waals surface area (Å²) in [6.45, 7) is 3.21. The van der Waals surface area contributed by atoms with Crippen LogP contribution in [0.15, 0.2) is 35.5 Å². The second-order valence-corrected chi connectivity index (χ2v) is 6.08. The lowest BCUT2D eigenvalue weighted by molar-refractivity contribution is -0.274. The first-order valence-electron chi connectivity index (χ1n) is 7.21. The molecule has 1 aromatic rings. The van der Waals surface area contributed by atoms with E-state index in [1.165, 1.54) is 18.2 Å². The highest BCUT2D eigenvalue weighted by atomic mass is 19.4. The molecule has 2 aliphatic heterocycles. The van der Waals surface area contributed by atoms with Gasteiger partial charge in [-0.1, -0.05) is 18.2 Å². The molecule has 8 heteroatoms. The zero-order valence-electron chi connectivity index (χ0n) is 12.9. The lowest BCUT2D eigenvalue weighted by atomic mass is 9.82. The van der Waals surface area contributed by atoms with Crippen LogP contribution in [0, 0.1) is 0 Å². The average molecular weight is 341 g/mol. The first-order valence-corrected chi connectivity index (χ1v) is 7.21. The zero-order valence-corrected chi connectivity index (χ0v) is 12.9. The molecule has 24 heavy (non-hydrogen) atoms. The van der Waals surface area contributed by atoms with Gasteiger partial charge in [0.05, 0.1) is 11.3 Å². The van der Waals surface area contributed by atoms with Gasteiger partial charge in [0.25, 0.3) is 0 Å². The van der Waals surface area contributed by atoms with E-state index in [9.17, 15) is 22.8 Å². The molecule has 0 spiro atoms. The van der Waals surface area contributed by atoms with Gasteiger partial charge in [0, 0.05) is 17.9 Å². The van der Waals surface area contributed by atoms with Crippen LogP contribution < -0.4 is 10.1 Å². The molecule has 1 N–H and O–H groups in total. The largest absolute Gasteiger partial charge is 0.573 e. The Hall–Kier alpha value is -2.51. The second-order valence-electron chi connectivity index (χ2n) is 6.08. The number of hydrogen-bond donors (Lipinski definition) is 1. The van der Waals surface area contributed by atoms with E-state index in [0.717, 1.165) is 6.07 Å². The predicted octanol–water partition coefficient (Wildman–Crippen LogP) is 2.78. The van der Waals surface area contributed by atoms with Gasteiger partial charge in [-0.3, -0.25) is 4.79 Å². The van der Waals surface area contributed by atoms with Crippen molar-refractivity contribution in [3.8, 4) is 5.75 Å². The maximum Gasteiger partial charge on any atom is 0.573 e. The Morgan fingerprint density at radius 2 is 1.92 bits per heavy atom. The summed E-state index contributed by atoms with van der Waals surface area (Å²) in [6, 6.07) is 5.48. The molecule has 0 saturated heterocycles. The van der Waals surface area contributed by atoms with Crippen molar-refractivity contribution in [2.75, 3.05) is 0 Å². The van der Waals surface area contributed by atoms with Gasteiger partial charge < -0.3 is 14.8 Å². The molecule has 1 amide bonds. The molecule has 0 unspecified atom stereocenters. The van der Waals surface area contributed by atoms with E-state index in [1.54, 1.807) is 13.8 Å². The summed E-state index contributed by atoms with van der Waals surface area (Å²) in [7, 11) is 0. The van der Waals surface area contributed by atoms with Gasteiger partial charge in [-0.15, -0.1) is 13.2 Å². The van der Waals surface area contributed by atoms with E-state index in [1.807, 2.05) is 0 Å². The van der Waals surface area contributed by atoms with Crippen LogP contribution in [0.4, 0.5) is 13.2 Å². The van der Waals surface area contributed by atoms with E-state index < -0.39 is 35.5 Å². The minimum Gasteiger partial charge on any atom is -0.450 e. The van der Waals surface area contributed by atoms with E-state index >= 15 is 0 Å². The third-order valence-corrected chi connectivity index (χ3v) is 3.96. The number of hydrogen-bond acceptors (Lipinski definition) is 4. The standard InChI is InChI=1S/C16H14F3NO4/c1-15(2)13-12(14(22)24-15)9(7-11(21)20-13)8-5-3-4-6-10(8)23-16(17,18)19/h3-6,9H,7H2,1-2H3,(H,20,21)/t9-/m0/s1. The van der Waals surface area contributed by atoms with Crippen LogP contribution in [0.1, 0.15) is 31.7 Å². The Kier molecular flexibility index (Phi) is 3.58. The van der Waals surface area contributed by atoms with Crippen molar-refractivity contribution >= 4 is 11.9 Å². The van der Waals surface area contributed by atoms with Gasteiger partial charge >= 0.3 is 12.3 Å². The molecular weight excluding hydrogens is 327 g/mol. The van der Waals surface area contributed by atoms with E-state index in [4.69, 9.17) is 4.74 Å². The number of carbonyl (C=O) groups excluding carboxylic acids is 2. The predicted molar refractivity (Wildman–Crippen MR) is 75.8 cm³/mol. The van der Waals surface area contributed by atoms with Crippen LogP contribution in [-0.4, -0.2) is 23.8 Å². The number of nitrogens with one attached hydrogen (secondary N) is 1. The van der Waals surface area contributed by atoms with Crippen molar-refractivity contribution in [3.63, 3.8) is 0 Å². The fourth-order valence-corrected chi connectivity index (χ4v) is 3.03. The van der Waals surface area contributed by atoms with Crippen molar-refractivity contribution < 1.29 is 32.2 Å². The third kappa shape index (κ3) is 2.83. The molecule has 0 radical (unpaired) electrons. The SMILES string of the molecule is CC1(C)OC(=O)C2=C1NC(=O)C[C@H]2c1ccccc1OC(F)(F)F. The fraction of sp³-hybridized carbons (Fsp3) is 0.375. The van der Waals surface area contributed by atoms with Gasteiger partial charge in [-0.05, 0) is 19.9 Å². The maximum atomic E-state index is 12.6. The first kappa shape index (κ1) is 16.4. The smallest absolute Gasteiger partial charge is 0.450 e. The summed E-state index contributed by atoms with van der Waals surface area (Å²) >= 11 is 0. The number of carbonyl (C=O) groups is 2. The summed E-state index contributed by atoms with van der Waals surface area (Å²) in [4.78, 5) is 24.2. The summed E-state index contributed by atoms with van der Waals surface area (Å²) in [6.07, 6.45) is -5.04. The van der Waals surface area contributed by atoms with Crippen molar-refractivity contribution in [2.45, 2.75) is 38.1 Å². The Labute approximate surface area is 135 Å². The zero-order chi connectivity index (χ0) is 17.7. The molecule has 0 aromatic heterocycles. The summed E-state index contributed by atoms with van der Waals surface area (Å²) in [5, 5.41) is 2.60. The number of esters is 1. The molecule has 5 nitrogen and oxygen atoms in total. The van der Waals surface area contributed by atoms with Crippen molar-refractivity contribution in [1.82, 2.24) is 5.32 Å². The van der Waals surface area contributed by atoms with Crippen molar-refractivity contribution in [3.05, 3.63) is 41.1 Å². The number of rotatable bonds is 2. The van der Waals surface area contributed by atoms with Crippen LogP contribution in [0.3, 0.4) is 0 Å². The second kappa shape index (κ2) is 5.25. The molecule has 0 bridgehead atoms. The minimum absolute atomic E-state index is 0.117. The normalized spacial score (nSPS) is 22.8. The fourth-order valence-electron chi connectivity index (χ4n) is 3.03. The third-order valence-electron chi connectivity index (χ3n) is 3.96. The lowest BCUT2D eigenvalue weighted by Crippen LogP contribution is -2.38. The summed E-state index contributed by atoms with van der Waals surface area (Å²) in [5.74, 6) is -2.34. The van der Waals surface area contributed by atoms with E-state index in [2.05, 4.69) is 10.1 Å². The molecule has 2 heterocycles. The Morgan fingerprint density at radius 3 is 2.58 bits per heavy atom. The Balaban J connectivity index is 2.11. The number of amides is 1. The van der Waals surface area contributed by atoms with Crippen molar-refractivity contribution in [2.24, 2.45) is 0 Å². The highest BCUT2D eigenvalue weighted by molar-refractivity contribution is 5.99. The van der Waals surface area contributed by atoms with E-state index in [0.29, 0.717) is 0 Å². The van der Waals surface area contributed by atoms with Gasteiger partial charge in [-0.25, -0.2) is 4.79 Å². The van der Waals surface area contributed by atoms with Gasteiger partial charge in [0.15, 0.2) is 0 Å². The summed E-state index contributed by atoms with van der Waals surface area (Å²) in [5.41, 5.74) is -0.471. The van der Waals surface area contributed by atoms with Crippen molar-refractivity contribution in [1.29, 1.82) is 0 Å². The van der Waals surface area contributed by atoms with Gasteiger partial charge in [-0.2, -0.15) is 0 Å². The Morgan fingerprint density at radius 1 is 1.25 bits per heavy atom. The average Bonchev–Trinajstić information content (AvgIpc) is 2.66. The van der Waals surface area contributed by atoms with Gasteiger partial charge in [0.2, 0.25) is 5.91 Å². The molecule has 0 aliphatic carbocycles. The molecule has 128 valence electrons. The highest BCUT2D eigenvalue weighted by Crippen LogP contribution is 2.45. The first-order chi connectivity index (χ1) is 11.1. The number of halogens is 3. The maximum absolute atomic E-state index is 12.6. The number of cyclic esters (lactones) is 1. The molecule has 0 fully saturated rings. The lowest BCUT2D eigenvalue weighted by Gasteiger charge is -2.28. The topological polar surface area (TPSA) is 64.6 Å². The molecular formula is C16H14F3NO4. The van der Waals surface area contributed by atoms with Crippen LogP contribution in [0.25, 0.3) is 0 Å². The monoisotopic (exact) mass is 341 g/mol. The molecule has 3 rings (SSSR count). The van der Waals surface area contributed by atoms with Crippen LogP contribution in [0.5, 0.6) is 5.75 Å². The van der Waals surface area contributed by atoms with E-state index in [-0.39, 0.29) is 23.3 Å². The number of benzene rings is 1. The highest BCUT2D eigenvalue weighted by Gasteiger charge is 2.48. The molecule has 2 aliphatic rings. The molecule has 0 saturated carbocycles. The number of alkyl halides is 3. The van der Waals surface area contributed by atoms with Crippen LogP contribution in [-0.2, 0) is 14.3 Å². The van der Waals surface area contributed by atoms with Crippen LogP contribution in [0.2, 0.25) is 0 Å². The Bertz CT molecular complexity index is 752. The molecule has 1 aromatic carbocycles. The summed E-state index contributed by atoms with van der Waals surface area (Å²) < 4.78 is 47.2. The van der Waals surface area contributed by atoms with Crippen LogP contribution >= 0.6 is 0 Å². The quantitative estimate of drug-likeness (QED) is 0.840. The minimum atomic E-state index is -4.88. The number of ether oxygens (including phenoxy) is 2. The molecule has 1 atom stereocenters.